The van der Waals surface area contributed by atoms with Crippen molar-refractivity contribution >= 4 is 0 Å². The molecule has 0 saturated heterocycles. The van der Waals surface area contributed by atoms with Gasteiger partial charge in [-0.25, -0.2) is 0 Å². The number of rotatable bonds is 5. The van der Waals surface area contributed by atoms with E-state index in [1.165, 1.54) is 24.8 Å². The fourth-order valence-corrected chi connectivity index (χ4v) is 2.89. The average molecular weight is 299 g/mol. The normalized spacial score (nSPS) is 14.5. The summed E-state index contributed by atoms with van der Waals surface area (Å²) in [4.78, 5) is 4.43. The highest BCUT2D eigenvalue weighted by atomic mass is 16.5. The van der Waals surface area contributed by atoms with Crippen molar-refractivity contribution < 1.29 is 14.6 Å². The molecule has 0 radical (unpaired) electrons. The van der Waals surface area contributed by atoms with Gasteiger partial charge in [0, 0.05) is 17.3 Å². The molecule has 0 unspecified atom stereocenters. The maximum atomic E-state index is 9.31. The highest BCUT2D eigenvalue weighted by Gasteiger charge is 2.26. The van der Waals surface area contributed by atoms with Crippen LogP contribution in [0, 0.1) is 0 Å². The van der Waals surface area contributed by atoms with Crippen molar-refractivity contribution in [3.8, 4) is 22.8 Å². The molecule has 3 rings (SSSR count). The van der Waals surface area contributed by atoms with Crippen molar-refractivity contribution in [3.05, 3.63) is 41.6 Å². The predicted octanol–water partition coefficient (Wildman–Crippen LogP) is 3.53. The summed E-state index contributed by atoms with van der Waals surface area (Å²) in [7, 11) is 3.34. The van der Waals surface area contributed by atoms with E-state index in [0.29, 0.717) is 5.92 Å². The van der Waals surface area contributed by atoms with Crippen molar-refractivity contribution in [1.29, 1.82) is 0 Å². The summed E-state index contributed by atoms with van der Waals surface area (Å²) >= 11 is 0. The van der Waals surface area contributed by atoms with Gasteiger partial charge in [-0.05, 0) is 48.6 Å². The number of pyridine rings is 1. The summed E-state index contributed by atoms with van der Waals surface area (Å²) in [6, 6.07) is 7.82. The van der Waals surface area contributed by atoms with Crippen LogP contribution >= 0.6 is 0 Å². The summed E-state index contributed by atoms with van der Waals surface area (Å²) < 4.78 is 11.1. The predicted molar refractivity (Wildman–Crippen MR) is 85.3 cm³/mol. The fraction of sp³-hybridized carbons (Fsp3) is 0.389. The van der Waals surface area contributed by atoms with E-state index >= 15 is 0 Å². The molecule has 4 heteroatoms. The Morgan fingerprint density at radius 1 is 1.18 bits per heavy atom. The van der Waals surface area contributed by atoms with Crippen LogP contribution in [0.3, 0.4) is 0 Å². The summed E-state index contributed by atoms with van der Waals surface area (Å²) in [5.41, 5.74) is 3.88. The third-order valence-corrected chi connectivity index (χ3v) is 4.36. The molecule has 4 nitrogen and oxygen atoms in total. The molecule has 0 amide bonds. The van der Waals surface area contributed by atoms with Gasteiger partial charge in [0.25, 0.3) is 0 Å². The summed E-state index contributed by atoms with van der Waals surface area (Å²) in [6.07, 6.45) is 5.36. The molecule has 0 aliphatic heterocycles. The lowest BCUT2D eigenvalue weighted by atomic mass is 9.79. The van der Waals surface area contributed by atoms with Crippen molar-refractivity contribution in [2.45, 2.75) is 31.8 Å². The Balaban J connectivity index is 2.10. The van der Waals surface area contributed by atoms with Crippen LogP contribution in [0.2, 0.25) is 0 Å². The second-order valence-electron chi connectivity index (χ2n) is 5.64. The first kappa shape index (κ1) is 14.9. The second kappa shape index (κ2) is 6.36. The SMILES string of the molecule is COc1cc(-c2cc(CO)ccn2)cc(C2CCC2)c1OC. The monoisotopic (exact) mass is 299 g/mol. The number of hydrogen-bond acceptors (Lipinski definition) is 4. The van der Waals surface area contributed by atoms with Gasteiger partial charge in [0.15, 0.2) is 11.5 Å². The first-order valence-electron chi connectivity index (χ1n) is 7.59. The molecule has 116 valence electrons. The Labute approximate surface area is 130 Å². The molecular weight excluding hydrogens is 278 g/mol. The summed E-state index contributed by atoms with van der Waals surface area (Å²) in [5, 5.41) is 9.31. The van der Waals surface area contributed by atoms with E-state index in [2.05, 4.69) is 11.1 Å². The number of hydrogen-bond donors (Lipinski definition) is 1. The van der Waals surface area contributed by atoms with E-state index < -0.39 is 0 Å². The van der Waals surface area contributed by atoms with Crippen molar-refractivity contribution in [1.82, 2.24) is 4.98 Å². The standard InChI is InChI=1S/C18H21NO3/c1-21-17-10-14(16-8-12(11-20)6-7-19-16)9-15(18(17)22-2)13-4-3-5-13/h6-10,13,20H,3-5,11H2,1-2H3. The third kappa shape index (κ3) is 2.66. The van der Waals surface area contributed by atoms with E-state index in [-0.39, 0.29) is 6.61 Å². The van der Waals surface area contributed by atoms with Crippen LogP contribution in [0.5, 0.6) is 11.5 Å². The summed E-state index contributed by atoms with van der Waals surface area (Å²) in [5.74, 6) is 2.09. The lowest BCUT2D eigenvalue weighted by Crippen LogP contribution is -2.11. The van der Waals surface area contributed by atoms with E-state index in [1.54, 1.807) is 20.4 Å². The average Bonchev–Trinajstić information content (AvgIpc) is 2.52. The molecule has 0 bridgehead atoms. The van der Waals surface area contributed by atoms with E-state index in [0.717, 1.165) is 28.3 Å². The van der Waals surface area contributed by atoms with Crippen LogP contribution in [-0.2, 0) is 6.61 Å². The molecule has 1 aliphatic carbocycles. The van der Waals surface area contributed by atoms with E-state index in [9.17, 15) is 5.11 Å². The minimum Gasteiger partial charge on any atom is -0.493 e. The Morgan fingerprint density at radius 2 is 2.00 bits per heavy atom. The highest BCUT2D eigenvalue weighted by molar-refractivity contribution is 5.67. The number of aromatic nitrogens is 1. The van der Waals surface area contributed by atoms with Crippen LogP contribution in [0.15, 0.2) is 30.5 Å². The molecule has 1 saturated carbocycles. The van der Waals surface area contributed by atoms with Gasteiger partial charge >= 0.3 is 0 Å². The molecule has 1 aromatic carbocycles. The van der Waals surface area contributed by atoms with Crippen LogP contribution in [0.4, 0.5) is 0 Å². The Bertz CT molecular complexity index is 665. The topological polar surface area (TPSA) is 51.6 Å². The Hall–Kier alpha value is -2.07. The molecule has 1 aromatic heterocycles. The molecule has 2 aromatic rings. The molecule has 1 aliphatic rings. The van der Waals surface area contributed by atoms with Crippen molar-refractivity contribution in [2.75, 3.05) is 14.2 Å². The van der Waals surface area contributed by atoms with Crippen LogP contribution in [0.25, 0.3) is 11.3 Å². The Morgan fingerprint density at radius 3 is 2.59 bits per heavy atom. The first-order chi connectivity index (χ1) is 10.8. The number of aliphatic hydroxyl groups excluding tert-OH is 1. The minimum atomic E-state index is 0.0122. The van der Waals surface area contributed by atoms with Gasteiger partial charge in [-0.1, -0.05) is 6.42 Å². The minimum absolute atomic E-state index is 0.0122. The Kier molecular flexibility index (Phi) is 4.29. The van der Waals surface area contributed by atoms with E-state index in [4.69, 9.17) is 9.47 Å². The zero-order valence-electron chi connectivity index (χ0n) is 13.0. The van der Waals surface area contributed by atoms with Gasteiger partial charge < -0.3 is 14.6 Å². The van der Waals surface area contributed by atoms with Gasteiger partial charge in [-0.15, -0.1) is 0 Å². The number of ether oxygens (including phenoxy) is 2. The molecule has 1 fully saturated rings. The smallest absolute Gasteiger partial charge is 0.164 e. The van der Waals surface area contributed by atoms with Gasteiger partial charge in [-0.2, -0.15) is 0 Å². The van der Waals surface area contributed by atoms with Crippen molar-refractivity contribution in [3.63, 3.8) is 0 Å². The second-order valence-corrected chi connectivity index (χ2v) is 5.64. The quantitative estimate of drug-likeness (QED) is 0.917. The van der Waals surface area contributed by atoms with E-state index in [1.807, 2.05) is 18.2 Å². The number of nitrogens with zero attached hydrogens (tertiary/aromatic N) is 1. The highest BCUT2D eigenvalue weighted by Crippen LogP contribution is 2.46. The molecule has 1 N–H and O–H groups in total. The lowest BCUT2D eigenvalue weighted by Gasteiger charge is -2.28. The largest absolute Gasteiger partial charge is 0.493 e. The molecular formula is C18H21NO3. The fourth-order valence-electron chi connectivity index (χ4n) is 2.89. The number of aliphatic hydroxyl groups is 1. The molecule has 22 heavy (non-hydrogen) atoms. The number of benzene rings is 1. The van der Waals surface area contributed by atoms with Gasteiger partial charge in [0.2, 0.25) is 0 Å². The summed E-state index contributed by atoms with van der Waals surface area (Å²) in [6.45, 7) is 0.0122. The maximum absolute atomic E-state index is 9.31. The van der Waals surface area contributed by atoms with Crippen LogP contribution in [0.1, 0.15) is 36.3 Å². The molecule has 0 atom stereocenters. The zero-order valence-corrected chi connectivity index (χ0v) is 13.0. The number of methoxy groups -OCH3 is 2. The zero-order chi connectivity index (χ0) is 15.5. The van der Waals surface area contributed by atoms with Gasteiger partial charge in [-0.3, -0.25) is 4.98 Å². The van der Waals surface area contributed by atoms with Crippen molar-refractivity contribution in [2.24, 2.45) is 0 Å². The maximum Gasteiger partial charge on any atom is 0.164 e. The molecule has 0 spiro atoms. The van der Waals surface area contributed by atoms with Gasteiger partial charge in [0.1, 0.15) is 0 Å². The van der Waals surface area contributed by atoms with Crippen LogP contribution in [-0.4, -0.2) is 24.3 Å². The third-order valence-electron chi connectivity index (χ3n) is 4.36. The first-order valence-corrected chi connectivity index (χ1v) is 7.59. The lowest BCUT2D eigenvalue weighted by molar-refractivity contribution is 0.282. The van der Waals surface area contributed by atoms with Crippen LogP contribution < -0.4 is 9.47 Å². The van der Waals surface area contributed by atoms with Gasteiger partial charge in [0.05, 0.1) is 26.5 Å². The molecule has 1 heterocycles.